The van der Waals surface area contributed by atoms with Crippen molar-refractivity contribution >= 4 is 11.6 Å². The lowest BCUT2D eigenvalue weighted by atomic mass is 10.3. The van der Waals surface area contributed by atoms with Crippen LogP contribution in [0.25, 0.3) is 0 Å². The van der Waals surface area contributed by atoms with Crippen molar-refractivity contribution < 1.29 is 54.9 Å². The van der Waals surface area contributed by atoms with E-state index in [4.69, 9.17) is 0 Å². The summed E-state index contributed by atoms with van der Waals surface area (Å²) in [6.45, 7) is 0. The van der Waals surface area contributed by atoms with Gasteiger partial charge in [-0.2, -0.15) is 35.9 Å². The first kappa shape index (κ1) is 15.0. The third kappa shape index (κ3) is 3.50. The second-order valence-electron chi connectivity index (χ2n) is 2.04. The van der Waals surface area contributed by atoms with Crippen molar-refractivity contribution in [3.05, 3.63) is 0 Å². The average molecular weight is 285 g/mol. The highest BCUT2D eigenvalue weighted by atomic mass is 35.7. The molecule has 0 saturated carbocycles. The molecule has 92 valence electrons. The van der Waals surface area contributed by atoms with Crippen LogP contribution in [0.5, 0.6) is 0 Å². The van der Waals surface area contributed by atoms with Crippen LogP contribution in [0.3, 0.4) is 0 Å². The van der Waals surface area contributed by atoms with E-state index < -0.39 is 27.7 Å². The zero-order valence-electron chi connectivity index (χ0n) is 6.16. The molecule has 0 spiro atoms. The molecule has 1 unspecified atom stereocenters. The smallest absolute Gasteiger partial charge is 0.205 e. The summed E-state index contributed by atoms with van der Waals surface area (Å²) in [4.78, 5) is 0. The Kier molecular flexibility index (Phi) is 3.79. The molecule has 0 aromatic heterocycles. The van der Waals surface area contributed by atoms with Gasteiger partial charge in [0.2, 0.25) is 0 Å². The maximum absolute atomic E-state index is 12.3. The zero-order valence-corrected chi connectivity index (χ0v) is 7.67. The van der Waals surface area contributed by atoms with Gasteiger partial charge in [0.1, 0.15) is 4.29 Å². The van der Waals surface area contributed by atoms with Crippen molar-refractivity contribution in [1.82, 2.24) is 0 Å². The highest BCUT2D eigenvalue weighted by Crippen LogP contribution is 2.49. The van der Waals surface area contributed by atoms with E-state index in [-0.39, 0.29) is 0 Å². The summed E-state index contributed by atoms with van der Waals surface area (Å²) < 4.78 is 102. The predicted molar refractivity (Wildman–Crippen MR) is 21.8 cm³/mol. The second-order valence-corrected chi connectivity index (χ2v) is 3.48. The summed E-state index contributed by atoms with van der Waals surface area (Å²) >= 11 is 3.74. The monoisotopic (exact) mass is 284 g/mol. The van der Waals surface area contributed by atoms with Crippen LogP contribution in [0.15, 0.2) is 0 Å². The molecule has 0 saturated heterocycles. The van der Waals surface area contributed by atoms with E-state index in [0.29, 0.717) is 0 Å². The van der Waals surface area contributed by atoms with Gasteiger partial charge in [0.15, 0.2) is 0 Å². The fourth-order valence-corrected chi connectivity index (χ4v) is 0.754. The lowest BCUT2D eigenvalue weighted by molar-refractivity contribution is -1.92. The number of alkyl halides is 7. The Bertz CT molecular complexity index is 234. The van der Waals surface area contributed by atoms with Gasteiger partial charge in [0.05, 0.1) is 10.2 Å². The zero-order chi connectivity index (χ0) is 12.7. The van der Waals surface area contributed by atoms with Crippen LogP contribution in [0.2, 0.25) is 0 Å². The summed E-state index contributed by atoms with van der Waals surface area (Å²) in [5.74, 6) is 0. The Hall–Kier alpha value is -0.000000000000000111. The molecule has 1 atom stereocenters. The van der Waals surface area contributed by atoms with E-state index >= 15 is 0 Å². The van der Waals surface area contributed by atoms with Crippen molar-refractivity contribution in [3.8, 4) is 0 Å². The van der Waals surface area contributed by atoms with Crippen LogP contribution in [-0.2, 0) is 4.29 Å². The average Bonchev–Trinajstić information content (AvgIpc) is 1.77. The molecular formula is C3Cl2F6O4. The number of rotatable bonds is 3. The van der Waals surface area contributed by atoms with Gasteiger partial charge in [-0.25, -0.2) is 4.39 Å². The van der Waals surface area contributed by atoms with Gasteiger partial charge in [-0.15, -0.1) is 0 Å². The number of hydrogen-bond acceptors (Lipinski definition) is 4. The lowest BCUT2D eigenvalue weighted by Gasteiger charge is -2.26. The molecule has 0 aliphatic heterocycles. The third-order valence-corrected chi connectivity index (χ3v) is 1.73. The molecule has 4 nitrogen and oxygen atoms in total. The minimum Gasteiger partial charge on any atom is -0.205 e. The highest BCUT2D eigenvalue weighted by molar-refractivity contribution is 6.24. The SMILES string of the molecule is [O-][Cl+3]([O-])([O-])OC(F)(F)C(F)(Cl)C(F)(F)F. The van der Waals surface area contributed by atoms with Crippen LogP contribution >= 0.6 is 11.6 Å². The molecule has 0 amide bonds. The standard InChI is InChI=1S/C3Cl2F6O4/c4-1(6,2(7,8)9)3(10,11)15-5(12,13)14. The summed E-state index contributed by atoms with van der Waals surface area (Å²) in [6, 6.07) is 0. The molecule has 0 bridgehead atoms. The Labute approximate surface area is 84.7 Å². The maximum atomic E-state index is 12.3. The predicted octanol–water partition coefficient (Wildman–Crippen LogP) is -1.04. The summed E-state index contributed by atoms with van der Waals surface area (Å²) in [7, 11) is -5.97. The summed E-state index contributed by atoms with van der Waals surface area (Å²) in [5, 5.41) is -5.83. The van der Waals surface area contributed by atoms with Gasteiger partial charge in [-0.05, 0) is 0 Å². The van der Waals surface area contributed by atoms with Gasteiger partial charge in [0.25, 0.3) is 0 Å². The van der Waals surface area contributed by atoms with Gasteiger partial charge < -0.3 is 0 Å². The molecule has 0 fully saturated rings. The molecule has 0 aliphatic carbocycles. The van der Waals surface area contributed by atoms with Gasteiger partial charge >= 0.3 is 17.4 Å². The minimum absolute atomic E-state index is 2.05. The van der Waals surface area contributed by atoms with Crippen LogP contribution in [0, 0.1) is 10.2 Å². The van der Waals surface area contributed by atoms with Gasteiger partial charge in [-0.1, -0.05) is 11.6 Å². The van der Waals surface area contributed by atoms with Gasteiger partial charge in [0, 0.05) is 0 Å². The molecular weight excluding hydrogens is 285 g/mol. The van der Waals surface area contributed by atoms with Crippen molar-refractivity contribution in [2.24, 2.45) is 0 Å². The minimum atomic E-state index is -6.34. The number of hydrogen-bond donors (Lipinski definition) is 0. The van der Waals surface area contributed by atoms with Crippen molar-refractivity contribution in [2.75, 3.05) is 0 Å². The van der Waals surface area contributed by atoms with Crippen LogP contribution in [-0.4, -0.2) is 17.4 Å². The summed E-state index contributed by atoms with van der Waals surface area (Å²) in [5.41, 5.74) is 0. The largest absolute Gasteiger partial charge is 0.560 e. The fourth-order valence-electron chi connectivity index (χ4n) is 0.332. The molecule has 0 heterocycles. The molecule has 0 radical (unpaired) electrons. The van der Waals surface area contributed by atoms with Crippen molar-refractivity contribution in [1.29, 1.82) is 0 Å². The molecule has 0 rings (SSSR count). The first-order valence-electron chi connectivity index (χ1n) is 2.64. The first-order chi connectivity index (χ1) is 6.21. The van der Waals surface area contributed by atoms with Gasteiger partial charge in [-0.3, -0.25) is 0 Å². The molecule has 12 heteroatoms. The normalized spacial score (nSPS) is 18.8. The van der Waals surface area contributed by atoms with Crippen LogP contribution in [0.1, 0.15) is 0 Å². The molecule has 0 aromatic carbocycles. The quantitative estimate of drug-likeness (QED) is 0.490. The van der Waals surface area contributed by atoms with E-state index in [2.05, 4.69) is 11.6 Å². The first-order valence-corrected chi connectivity index (χ1v) is 4.26. The van der Waals surface area contributed by atoms with E-state index in [9.17, 15) is 40.3 Å². The number of halogens is 8. The molecule has 0 aliphatic rings. The van der Waals surface area contributed by atoms with E-state index in [1.165, 1.54) is 0 Å². The molecule has 15 heavy (non-hydrogen) atoms. The van der Waals surface area contributed by atoms with E-state index in [1.54, 1.807) is 0 Å². The van der Waals surface area contributed by atoms with Crippen molar-refractivity contribution in [3.63, 3.8) is 0 Å². The summed E-state index contributed by atoms with van der Waals surface area (Å²) in [6.07, 6.45) is -12.4. The second kappa shape index (κ2) is 3.79. The van der Waals surface area contributed by atoms with E-state index in [0.717, 1.165) is 0 Å². The Balaban J connectivity index is 5.03. The van der Waals surface area contributed by atoms with E-state index in [1.807, 2.05) is 4.29 Å². The van der Waals surface area contributed by atoms with Crippen LogP contribution < -0.4 is 14.0 Å². The maximum Gasteiger partial charge on any atom is 0.560 e. The molecule has 0 aromatic rings. The fraction of sp³-hybridized carbons (Fsp3) is 1.00. The molecule has 0 N–H and O–H groups in total. The van der Waals surface area contributed by atoms with Crippen LogP contribution in [0.4, 0.5) is 26.3 Å². The Morgan fingerprint density at radius 1 is 0.933 bits per heavy atom. The Morgan fingerprint density at radius 2 is 1.27 bits per heavy atom. The topological polar surface area (TPSA) is 78.4 Å². The van der Waals surface area contributed by atoms with Crippen molar-refractivity contribution in [2.45, 2.75) is 17.4 Å². The lowest BCUT2D eigenvalue weighted by Crippen LogP contribution is -2.67. The highest BCUT2D eigenvalue weighted by Gasteiger charge is 2.79. The third-order valence-electron chi connectivity index (χ3n) is 0.913. The Morgan fingerprint density at radius 3 is 1.47 bits per heavy atom.